The predicted octanol–water partition coefficient (Wildman–Crippen LogP) is 4.20. The number of rotatable bonds is 5. The van der Waals surface area contributed by atoms with E-state index in [1.54, 1.807) is 30.3 Å². The third-order valence-electron chi connectivity index (χ3n) is 5.52. The van der Waals surface area contributed by atoms with Crippen LogP contribution in [-0.4, -0.2) is 37.4 Å². The number of carboxylic acids is 1. The Morgan fingerprint density at radius 2 is 1.97 bits per heavy atom. The number of nitrogens with zero attached hydrogens (tertiary/aromatic N) is 1. The fourth-order valence-corrected chi connectivity index (χ4v) is 3.97. The van der Waals surface area contributed by atoms with Gasteiger partial charge in [0.15, 0.2) is 11.3 Å². The van der Waals surface area contributed by atoms with Crippen molar-refractivity contribution in [2.45, 2.75) is 26.3 Å². The third kappa shape index (κ3) is 4.41. The maximum atomic E-state index is 12.9. The van der Waals surface area contributed by atoms with Crippen LogP contribution in [0, 0.1) is 6.92 Å². The molecule has 162 valence electrons. The third-order valence-corrected chi connectivity index (χ3v) is 5.52. The highest BCUT2D eigenvalue weighted by Crippen LogP contribution is 2.31. The van der Waals surface area contributed by atoms with E-state index in [4.69, 9.17) is 9.15 Å². The summed E-state index contributed by atoms with van der Waals surface area (Å²) < 4.78 is 11.8. The van der Waals surface area contributed by atoms with Gasteiger partial charge in [0.05, 0.1) is 23.6 Å². The number of anilines is 2. The van der Waals surface area contributed by atoms with Gasteiger partial charge in [-0.05, 0) is 44.0 Å². The summed E-state index contributed by atoms with van der Waals surface area (Å²) in [6, 6.07) is 11.8. The van der Waals surface area contributed by atoms with Gasteiger partial charge < -0.3 is 24.5 Å². The van der Waals surface area contributed by atoms with E-state index in [1.807, 2.05) is 30.9 Å². The average molecular weight is 422 g/mol. The van der Waals surface area contributed by atoms with Crippen molar-refractivity contribution in [2.75, 3.05) is 36.5 Å². The Bertz CT molecular complexity index is 1160. The molecule has 31 heavy (non-hydrogen) atoms. The standard InChI is InChI=1S/C24H26N2O5/c1-15-12-18(16(2)25-20-7-4-3-6-17(20)24(28)29)23-19(13-15)21(27)14-22(31-23)26-8-5-10-30-11-9-26/h3-4,6-7,12-14,16,25H,5,8-11H2,1-2H3,(H,28,29). The van der Waals surface area contributed by atoms with E-state index in [0.717, 1.165) is 24.1 Å². The van der Waals surface area contributed by atoms with Crippen molar-refractivity contribution in [3.8, 4) is 0 Å². The minimum Gasteiger partial charge on any atom is -0.478 e. The number of benzene rings is 2. The molecule has 4 rings (SSSR count). The number of carbonyl (C=O) groups is 1. The summed E-state index contributed by atoms with van der Waals surface area (Å²) in [6.45, 7) is 6.57. The van der Waals surface area contributed by atoms with E-state index < -0.39 is 5.97 Å². The van der Waals surface area contributed by atoms with Gasteiger partial charge in [0.2, 0.25) is 0 Å². The zero-order valence-electron chi connectivity index (χ0n) is 17.7. The number of ether oxygens (including phenoxy) is 1. The lowest BCUT2D eigenvalue weighted by molar-refractivity contribution is 0.0698. The van der Waals surface area contributed by atoms with Gasteiger partial charge in [-0.25, -0.2) is 4.79 Å². The molecule has 7 nitrogen and oxygen atoms in total. The molecule has 1 unspecified atom stereocenters. The van der Waals surface area contributed by atoms with Gasteiger partial charge in [-0.1, -0.05) is 18.2 Å². The summed E-state index contributed by atoms with van der Waals surface area (Å²) >= 11 is 0. The molecule has 0 amide bonds. The lowest BCUT2D eigenvalue weighted by atomic mass is 10.0. The predicted molar refractivity (Wildman–Crippen MR) is 120 cm³/mol. The summed E-state index contributed by atoms with van der Waals surface area (Å²) in [5.41, 5.74) is 2.88. The Kier molecular flexibility index (Phi) is 5.95. The second-order valence-electron chi connectivity index (χ2n) is 7.85. The van der Waals surface area contributed by atoms with Crippen molar-refractivity contribution in [1.82, 2.24) is 0 Å². The summed E-state index contributed by atoms with van der Waals surface area (Å²) in [6.07, 6.45) is 0.867. The number of aromatic carboxylic acids is 1. The molecule has 1 aliphatic rings. The molecule has 0 aliphatic carbocycles. The number of aryl methyl sites for hydroxylation is 1. The van der Waals surface area contributed by atoms with Crippen molar-refractivity contribution in [1.29, 1.82) is 0 Å². The van der Waals surface area contributed by atoms with Crippen LogP contribution in [-0.2, 0) is 4.74 Å². The lowest BCUT2D eigenvalue weighted by Crippen LogP contribution is -2.27. The quantitative estimate of drug-likeness (QED) is 0.637. The lowest BCUT2D eigenvalue weighted by Gasteiger charge is -2.22. The van der Waals surface area contributed by atoms with Gasteiger partial charge in [-0.2, -0.15) is 0 Å². The fourth-order valence-electron chi connectivity index (χ4n) is 3.97. The molecule has 1 fully saturated rings. The maximum absolute atomic E-state index is 12.9. The van der Waals surface area contributed by atoms with E-state index in [1.165, 1.54) is 0 Å². The molecule has 3 aromatic rings. The Hall–Kier alpha value is -3.32. The normalized spacial score (nSPS) is 15.5. The number of hydrogen-bond donors (Lipinski definition) is 2. The first kappa shape index (κ1) is 20.9. The molecular weight excluding hydrogens is 396 g/mol. The Morgan fingerprint density at radius 1 is 1.16 bits per heavy atom. The molecule has 0 spiro atoms. The van der Waals surface area contributed by atoms with Crippen molar-refractivity contribution in [3.63, 3.8) is 0 Å². The highest BCUT2D eigenvalue weighted by Gasteiger charge is 2.20. The van der Waals surface area contributed by atoms with Crippen molar-refractivity contribution in [2.24, 2.45) is 0 Å². The Labute approximate surface area is 180 Å². The van der Waals surface area contributed by atoms with E-state index >= 15 is 0 Å². The summed E-state index contributed by atoms with van der Waals surface area (Å²) in [7, 11) is 0. The second-order valence-corrected chi connectivity index (χ2v) is 7.85. The van der Waals surface area contributed by atoms with Crippen LogP contribution < -0.4 is 15.6 Å². The molecule has 1 aromatic heterocycles. The molecule has 0 bridgehead atoms. The van der Waals surface area contributed by atoms with E-state index in [9.17, 15) is 14.7 Å². The van der Waals surface area contributed by atoms with Crippen LogP contribution >= 0.6 is 0 Å². The average Bonchev–Trinajstić information content (AvgIpc) is 3.03. The van der Waals surface area contributed by atoms with Crippen molar-refractivity contribution in [3.05, 3.63) is 69.4 Å². The topological polar surface area (TPSA) is 92.0 Å². The largest absolute Gasteiger partial charge is 0.478 e. The minimum atomic E-state index is -0.999. The summed E-state index contributed by atoms with van der Waals surface area (Å²) in [4.78, 5) is 26.6. The first-order valence-electron chi connectivity index (χ1n) is 10.4. The van der Waals surface area contributed by atoms with Crippen LogP contribution in [0.15, 0.2) is 51.7 Å². The number of carboxylic acid groups (broad SMARTS) is 1. The Morgan fingerprint density at radius 3 is 2.77 bits per heavy atom. The van der Waals surface area contributed by atoms with E-state index in [2.05, 4.69) is 5.32 Å². The van der Waals surface area contributed by atoms with E-state index in [0.29, 0.717) is 42.3 Å². The van der Waals surface area contributed by atoms with Crippen LogP contribution in [0.2, 0.25) is 0 Å². The molecule has 1 saturated heterocycles. The first-order valence-corrected chi connectivity index (χ1v) is 10.4. The molecule has 1 aliphatic heterocycles. The molecule has 1 atom stereocenters. The highest BCUT2D eigenvalue weighted by atomic mass is 16.5. The van der Waals surface area contributed by atoms with Gasteiger partial charge in [-0.15, -0.1) is 0 Å². The number of nitrogens with one attached hydrogen (secondary N) is 1. The van der Waals surface area contributed by atoms with Gasteiger partial charge >= 0.3 is 5.97 Å². The van der Waals surface area contributed by atoms with Gasteiger partial charge in [-0.3, -0.25) is 4.79 Å². The SMILES string of the molecule is Cc1cc(C(C)Nc2ccccc2C(=O)O)c2oc(N3CCCOCC3)cc(=O)c2c1. The molecule has 2 heterocycles. The van der Waals surface area contributed by atoms with Crippen LogP contribution in [0.3, 0.4) is 0 Å². The van der Waals surface area contributed by atoms with Gasteiger partial charge in [0.1, 0.15) is 5.58 Å². The molecule has 2 N–H and O–H groups in total. The Balaban J connectivity index is 1.78. The van der Waals surface area contributed by atoms with Crippen LogP contribution in [0.4, 0.5) is 11.6 Å². The molecular formula is C24H26N2O5. The zero-order chi connectivity index (χ0) is 22.0. The highest BCUT2D eigenvalue weighted by molar-refractivity contribution is 5.94. The number of fused-ring (bicyclic) bond motifs is 1. The molecule has 7 heteroatoms. The fraction of sp³-hybridized carbons (Fsp3) is 0.333. The maximum Gasteiger partial charge on any atom is 0.337 e. The zero-order valence-corrected chi connectivity index (χ0v) is 17.7. The first-order chi connectivity index (χ1) is 14.9. The molecule has 2 aromatic carbocycles. The van der Waals surface area contributed by atoms with Crippen molar-refractivity contribution < 1.29 is 19.1 Å². The smallest absolute Gasteiger partial charge is 0.337 e. The second kappa shape index (κ2) is 8.81. The summed E-state index contributed by atoms with van der Waals surface area (Å²) in [5.74, 6) is -0.465. The minimum absolute atomic E-state index is 0.0931. The van der Waals surface area contributed by atoms with E-state index in [-0.39, 0.29) is 17.0 Å². The molecule has 0 radical (unpaired) electrons. The summed E-state index contributed by atoms with van der Waals surface area (Å²) in [5, 5.41) is 13.3. The monoisotopic (exact) mass is 422 g/mol. The number of hydrogen-bond acceptors (Lipinski definition) is 6. The van der Waals surface area contributed by atoms with Crippen molar-refractivity contribution >= 4 is 28.5 Å². The van der Waals surface area contributed by atoms with Crippen LogP contribution in [0.1, 0.15) is 40.9 Å². The van der Waals surface area contributed by atoms with Crippen LogP contribution in [0.25, 0.3) is 11.0 Å². The number of para-hydroxylation sites is 1. The van der Waals surface area contributed by atoms with Gasteiger partial charge in [0, 0.05) is 37.0 Å². The van der Waals surface area contributed by atoms with Crippen LogP contribution in [0.5, 0.6) is 0 Å². The van der Waals surface area contributed by atoms with Gasteiger partial charge in [0.25, 0.3) is 0 Å². The molecule has 0 saturated carbocycles.